The molecule has 0 atom stereocenters. The van der Waals surface area contributed by atoms with Crippen molar-refractivity contribution < 1.29 is 14.3 Å². The van der Waals surface area contributed by atoms with Crippen molar-refractivity contribution in [3.63, 3.8) is 0 Å². The number of rotatable bonds is 8. The van der Waals surface area contributed by atoms with Gasteiger partial charge in [0.15, 0.2) is 6.61 Å². The van der Waals surface area contributed by atoms with E-state index in [0.29, 0.717) is 31.9 Å². The number of nitrogens with two attached hydrogens (primary N) is 1. The van der Waals surface area contributed by atoms with Crippen LogP contribution in [-0.4, -0.2) is 49.5 Å². The molecular weight excluding hydrogens is 342 g/mol. The molecule has 1 heterocycles. The lowest BCUT2D eigenvalue weighted by atomic mass is 10.1. The first-order chi connectivity index (χ1) is 13.2. The van der Waals surface area contributed by atoms with Gasteiger partial charge in [0.2, 0.25) is 5.91 Å². The van der Waals surface area contributed by atoms with Crippen molar-refractivity contribution in [2.45, 2.75) is 12.8 Å². The third-order valence-corrected chi connectivity index (χ3v) is 4.62. The van der Waals surface area contributed by atoms with Gasteiger partial charge in [-0.3, -0.25) is 9.59 Å². The Labute approximate surface area is 159 Å². The number of anilines is 1. The summed E-state index contributed by atoms with van der Waals surface area (Å²) < 4.78 is 5.44. The maximum Gasteiger partial charge on any atom is 0.265 e. The first-order valence-electron chi connectivity index (χ1n) is 9.23. The van der Waals surface area contributed by atoms with Crippen molar-refractivity contribution in [3.05, 3.63) is 60.2 Å². The van der Waals surface area contributed by atoms with E-state index < -0.39 is 0 Å². The number of benzene rings is 2. The molecule has 0 aliphatic carbocycles. The van der Waals surface area contributed by atoms with Crippen molar-refractivity contribution in [1.82, 2.24) is 4.90 Å². The molecule has 0 spiro atoms. The van der Waals surface area contributed by atoms with Crippen molar-refractivity contribution in [1.29, 1.82) is 0 Å². The Bertz CT molecular complexity index is 779. The minimum atomic E-state index is -0.129. The number of ether oxygens (including phenoxy) is 1. The lowest BCUT2D eigenvalue weighted by molar-refractivity contribution is -0.131. The van der Waals surface area contributed by atoms with Gasteiger partial charge in [-0.1, -0.05) is 42.5 Å². The van der Waals surface area contributed by atoms with Crippen LogP contribution in [0.4, 0.5) is 5.69 Å². The second kappa shape index (κ2) is 9.19. The molecule has 0 unspecified atom stereocenters. The van der Waals surface area contributed by atoms with E-state index in [1.165, 1.54) is 5.56 Å². The van der Waals surface area contributed by atoms with Crippen LogP contribution in [0.15, 0.2) is 54.6 Å². The van der Waals surface area contributed by atoms with Crippen molar-refractivity contribution in [2.75, 3.05) is 37.7 Å². The van der Waals surface area contributed by atoms with Crippen molar-refractivity contribution >= 4 is 17.5 Å². The van der Waals surface area contributed by atoms with Crippen LogP contribution >= 0.6 is 0 Å². The second-order valence-corrected chi connectivity index (χ2v) is 6.46. The normalized spacial score (nSPS) is 13.1. The zero-order valence-corrected chi connectivity index (χ0v) is 15.3. The van der Waals surface area contributed by atoms with Gasteiger partial charge in [-0.25, -0.2) is 0 Å². The Morgan fingerprint density at radius 1 is 1.07 bits per heavy atom. The van der Waals surface area contributed by atoms with E-state index in [-0.39, 0.29) is 24.8 Å². The maximum absolute atomic E-state index is 12.7. The monoisotopic (exact) mass is 367 g/mol. The highest BCUT2D eigenvalue weighted by atomic mass is 16.5. The summed E-state index contributed by atoms with van der Waals surface area (Å²) in [5.41, 5.74) is 7.59. The number of amides is 2. The summed E-state index contributed by atoms with van der Waals surface area (Å²) in [5, 5.41) is 0. The molecule has 142 valence electrons. The van der Waals surface area contributed by atoms with Gasteiger partial charge in [-0.2, -0.15) is 0 Å². The molecule has 2 amide bonds. The van der Waals surface area contributed by atoms with E-state index in [1.54, 1.807) is 9.80 Å². The Kier molecular flexibility index (Phi) is 6.44. The molecule has 2 aromatic rings. The average molecular weight is 367 g/mol. The molecule has 0 radical (unpaired) electrons. The van der Waals surface area contributed by atoms with Crippen LogP contribution in [0.25, 0.3) is 0 Å². The van der Waals surface area contributed by atoms with Gasteiger partial charge in [0.05, 0.1) is 5.69 Å². The SMILES string of the molecule is NCCN(CCc1ccccc1)C(=O)CCN1C(=O)COc2ccccc21. The molecule has 0 bridgehead atoms. The molecule has 1 aliphatic heterocycles. The first-order valence-corrected chi connectivity index (χ1v) is 9.23. The highest BCUT2D eigenvalue weighted by molar-refractivity contribution is 5.98. The van der Waals surface area contributed by atoms with Crippen LogP contribution in [0.3, 0.4) is 0 Å². The number of carbonyl (C=O) groups excluding carboxylic acids is 2. The molecule has 0 aromatic heterocycles. The predicted molar refractivity (Wildman–Crippen MR) is 105 cm³/mol. The highest BCUT2D eigenvalue weighted by Crippen LogP contribution is 2.31. The van der Waals surface area contributed by atoms with Crippen LogP contribution in [0.5, 0.6) is 5.75 Å². The van der Waals surface area contributed by atoms with Gasteiger partial charge in [-0.05, 0) is 24.1 Å². The summed E-state index contributed by atoms with van der Waals surface area (Å²) in [6.45, 7) is 1.89. The van der Waals surface area contributed by atoms with Crippen LogP contribution in [-0.2, 0) is 16.0 Å². The number of hydrogen-bond acceptors (Lipinski definition) is 4. The average Bonchev–Trinajstić information content (AvgIpc) is 2.71. The predicted octanol–water partition coefficient (Wildman–Crippen LogP) is 1.83. The fourth-order valence-electron chi connectivity index (χ4n) is 3.19. The Morgan fingerprint density at radius 2 is 1.81 bits per heavy atom. The standard InChI is InChI=1S/C21H25N3O3/c22-12-15-23(13-10-17-6-2-1-3-7-17)20(25)11-14-24-18-8-4-5-9-19(18)27-16-21(24)26/h1-9H,10-16,22H2. The number of nitrogens with zero attached hydrogens (tertiary/aromatic N) is 2. The summed E-state index contributed by atoms with van der Waals surface area (Å²) in [6.07, 6.45) is 1.04. The maximum atomic E-state index is 12.7. The van der Waals surface area contributed by atoms with Gasteiger partial charge in [0.1, 0.15) is 5.75 Å². The Morgan fingerprint density at radius 3 is 2.59 bits per heavy atom. The molecule has 2 aromatic carbocycles. The summed E-state index contributed by atoms with van der Waals surface area (Å²) in [6, 6.07) is 17.5. The fraction of sp³-hybridized carbons (Fsp3) is 0.333. The third-order valence-electron chi connectivity index (χ3n) is 4.62. The van der Waals surface area contributed by atoms with Gasteiger partial charge in [-0.15, -0.1) is 0 Å². The number of fused-ring (bicyclic) bond motifs is 1. The van der Waals surface area contributed by atoms with Crippen molar-refractivity contribution in [2.24, 2.45) is 5.73 Å². The largest absolute Gasteiger partial charge is 0.482 e. The molecule has 1 aliphatic rings. The summed E-state index contributed by atoms with van der Waals surface area (Å²) in [5.74, 6) is 0.553. The molecule has 3 rings (SSSR count). The Hall–Kier alpha value is -2.86. The third kappa shape index (κ3) is 4.86. The summed E-state index contributed by atoms with van der Waals surface area (Å²) >= 11 is 0. The number of hydrogen-bond donors (Lipinski definition) is 1. The number of para-hydroxylation sites is 2. The minimum absolute atomic E-state index is 0.00568. The molecule has 27 heavy (non-hydrogen) atoms. The van der Waals surface area contributed by atoms with Gasteiger partial charge >= 0.3 is 0 Å². The van der Waals surface area contributed by atoms with Gasteiger partial charge in [0, 0.05) is 32.6 Å². The summed E-state index contributed by atoms with van der Waals surface area (Å²) in [4.78, 5) is 28.4. The van der Waals surface area contributed by atoms with Crippen LogP contribution < -0.4 is 15.4 Å². The summed E-state index contributed by atoms with van der Waals surface area (Å²) in [7, 11) is 0. The van der Waals surface area contributed by atoms with Crippen LogP contribution in [0, 0.1) is 0 Å². The molecular formula is C21H25N3O3. The van der Waals surface area contributed by atoms with Crippen LogP contribution in [0.1, 0.15) is 12.0 Å². The molecule has 0 saturated heterocycles. The van der Waals surface area contributed by atoms with Gasteiger partial charge in [0.25, 0.3) is 5.91 Å². The van der Waals surface area contributed by atoms with Crippen molar-refractivity contribution in [3.8, 4) is 5.75 Å². The molecule has 0 fully saturated rings. The molecule has 6 nitrogen and oxygen atoms in total. The van der Waals surface area contributed by atoms with E-state index in [1.807, 2.05) is 42.5 Å². The minimum Gasteiger partial charge on any atom is -0.482 e. The molecule has 2 N–H and O–H groups in total. The van der Waals surface area contributed by atoms with E-state index in [4.69, 9.17) is 10.5 Å². The van der Waals surface area contributed by atoms with Gasteiger partial charge < -0.3 is 20.3 Å². The first kappa shape index (κ1) is 18.9. The lowest BCUT2D eigenvalue weighted by Gasteiger charge is -2.30. The second-order valence-electron chi connectivity index (χ2n) is 6.46. The zero-order chi connectivity index (χ0) is 19.1. The smallest absolute Gasteiger partial charge is 0.265 e. The highest BCUT2D eigenvalue weighted by Gasteiger charge is 2.26. The topological polar surface area (TPSA) is 75.9 Å². The van der Waals surface area contributed by atoms with E-state index in [2.05, 4.69) is 12.1 Å². The molecule has 0 saturated carbocycles. The van der Waals surface area contributed by atoms with E-state index in [0.717, 1.165) is 12.1 Å². The lowest BCUT2D eigenvalue weighted by Crippen LogP contribution is -2.43. The Balaban J connectivity index is 1.60. The van der Waals surface area contributed by atoms with E-state index in [9.17, 15) is 9.59 Å². The zero-order valence-electron chi connectivity index (χ0n) is 15.3. The fourth-order valence-corrected chi connectivity index (χ4v) is 3.19. The number of carbonyl (C=O) groups is 2. The van der Waals surface area contributed by atoms with E-state index >= 15 is 0 Å². The molecule has 6 heteroatoms. The quantitative estimate of drug-likeness (QED) is 0.772. The van der Waals surface area contributed by atoms with Crippen LogP contribution in [0.2, 0.25) is 0 Å².